The Kier molecular flexibility index (Phi) is 4.35. The lowest BCUT2D eigenvalue weighted by Crippen LogP contribution is -2.34. The van der Waals surface area contributed by atoms with E-state index in [4.69, 9.17) is 4.74 Å². The summed E-state index contributed by atoms with van der Waals surface area (Å²) in [6.45, 7) is 0.554. The smallest absolute Gasteiger partial charge is 0.233 e. The molecule has 1 N–H and O–H groups in total. The van der Waals surface area contributed by atoms with Gasteiger partial charge in [0.25, 0.3) is 0 Å². The van der Waals surface area contributed by atoms with Gasteiger partial charge in [0.1, 0.15) is 0 Å². The highest BCUT2D eigenvalue weighted by atomic mass is 16.5. The van der Waals surface area contributed by atoms with Crippen LogP contribution in [0.25, 0.3) is 0 Å². The number of rotatable bonds is 5. The number of nitrogens with zero attached hydrogens (tertiary/aromatic N) is 1. The van der Waals surface area contributed by atoms with Gasteiger partial charge < -0.3 is 9.84 Å². The van der Waals surface area contributed by atoms with Crippen LogP contribution >= 0.6 is 0 Å². The van der Waals surface area contributed by atoms with Gasteiger partial charge in [-0.3, -0.25) is 14.5 Å². The molecule has 1 aliphatic carbocycles. The maximum Gasteiger partial charge on any atom is 0.233 e. The number of likely N-dealkylation sites (tertiary alicyclic amines) is 1. The SMILES string of the molecule is COCC(O)CCN1C(=O)C2CCCCC2C1=O. The Hall–Kier alpha value is -0.940. The molecule has 3 atom stereocenters. The maximum atomic E-state index is 12.1. The summed E-state index contributed by atoms with van der Waals surface area (Å²) >= 11 is 0. The van der Waals surface area contributed by atoms with Crippen molar-refractivity contribution < 1.29 is 19.4 Å². The number of aliphatic hydroxyl groups is 1. The first-order valence-electron chi connectivity index (χ1n) is 6.67. The lowest BCUT2D eigenvalue weighted by atomic mass is 9.81. The van der Waals surface area contributed by atoms with Crippen molar-refractivity contribution in [1.29, 1.82) is 0 Å². The second kappa shape index (κ2) is 5.80. The molecule has 1 saturated heterocycles. The molecular weight excluding hydrogens is 234 g/mol. The lowest BCUT2D eigenvalue weighted by molar-refractivity contribution is -0.140. The van der Waals surface area contributed by atoms with Crippen LogP contribution in [0.15, 0.2) is 0 Å². The van der Waals surface area contributed by atoms with Gasteiger partial charge in [0.05, 0.1) is 24.5 Å². The van der Waals surface area contributed by atoms with E-state index in [0.717, 1.165) is 25.7 Å². The van der Waals surface area contributed by atoms with Crippen molar-refractivity contribution in [2.75, 3.05) is 20.3 Å². The van der Waals surface area contributed by atoms with Gasteiger partial charge in [0, 0.05) is 13.7 Å². The highest BCUT2D eigenvalue weighted by Gasteiger charge is 2.47. The van der Waals surface area contributed by atoms with Gasteiger partial charge in [-0.2, -0.15) is 0 Å². The number of carbonyl (C=O) groups is 2. The Morgan fingerprint density at radius 3 is 2.33 bits per heavy atom. The number of amides is 2. The Morgan fingerprint density at radius 2 is 1.83 bits per heavy atom. The summed E-state index contributed by atoms with van der Waals surface area (Å²) in [5.41, 5.74) is 0. The average Bonchev–Trinajstić information content (AvgIpc) is 2.61. The van der Waals surface area contributed by atoms with Crippen molar-refractivity contribution in [2.45, 2.75) is 38.2 Å². The van der Waals surface area contributed by atoms with Gasteiger partial charge in [-0.1, -0.05) is 12.8 Å². The number of carbonyl (C=O) groups excluding carboxylic acids is 2. The quantitative estimate of drug-likeness (QED) is 0.729. The van der Waals surface area contributed by atoms with E-state index in [2.05, 4.69) is 0 Å². The molecule has 18 heavy (non-hydrogen) atoms. The summed E-state index contributed by atoms with van der Waals surface area (Å²) in [6, 6.07) is 0. The molecule has 0 radical (unpaired) electrons. The first-order valence-corrected chi connectivity index (χ1v) is 6.67. The van der Waals surface area contributed by atoms with Crippen molar-refractivity contribution in [3.63, 3.8) is 0 Å². The molecule has 0 bridgehead atoms. The predicted molar refractivity (Wildman–Crippen MR) is 64.7 cm³/mol. The molecule has 1 saturated carbocycles. The van der Waals surface area contributed by atoms with E-state index in [1.165, 1.54) is 12.0 Å². The number of methoxy groups -OCH3 is 1. The van der Waals surface area contributed by atoms with Crippen LogP contribution in [0.5, 0.6) is 0 Å². The van der Waals surface area contributed by atoms with E-state index < -0.39 is 6.10 Å². The Balaban J connectivity index is 1.92. The molecule has 0 aromatic heterocycles. The fourth-order valence-corrected chi connectivity index (χ4v) is 3.01. The number of aliphatic hydroxyl groups excluding tert-OH is 1. The number of imide groups is 1. The van der Waals surface area contributed by atoms with Gasteiger partial charge in [0.2, 0.25) is 11.8 Å². The van der Waals surface area contributed by atoms with Crippen LogP contribution in [0, 0.1) is 11.8 Å². The molecular formula is C13H21NO4. The van der Waals surface area contributed by atoms with Crippen LogP contribution in [-0.2, 0) is 14.3 Å². The molecule has 0 aromatic carbocycles. The first kappa shape index (κ1) is 13.5. The van der Waals surface area contributed by atoms with E-state index in [1.54, 1.807) is 0 Å². The Bertz CT molecular complexity index is 307. The zero-order valence-corrected chi connectivity index (χ0v) is 10.8. The topological polar surface area (TPSA) is 66.8 Å². The minimum Gasteiger partial charge on any atom is -0.391 e. The van der Waals surface area contributed by atoms with Crippen molar-refractivity contribution in [1.82, 2.24) is 4.90 Å². The monoisotopic (exact) mass is 255 g/mol. The zero-order chi connectivity index (χ0) is 13.1. The standard InChI is InChI=1S/C13H21NO4/c1-18-8-9(15)6-7-14-12(16)10-4-2-3-5-11(10)13(14)17/h9-11,15H,2-8H2,1H3. The Labute approximate surface area is 107 Å². The van der Waals surface area contributed by atoms with Crippen molar-refractivity contribution >= 4 is 11.8 Å². The van der Waals surface area contributed by atoms with Crippen LogP contribution in [0.1, 0.15) is 32.1 Å². The van der Waals surface area contributed by atoms with E-state index in [9.17, 15) is 14.7 Å². The summed E-state index contributed by atoms with van der Waals surface area (Å²) in [6.07, 6.45) is 3.54. The number of hydrogen-bond acceptors (Lipinski definition) is 4. The molecule has 1 aliphatic heterocycles. The predicted octanol–water partition coefficient (Wildman–Crippen LogP) is 0.559. The third kappa shape index (κ3) is 2.57. The molecule has 2 amide bonds. The van der Waals surface area contributed by atoms with E-state index in [-0.39, 0.29) is 30.3 Å². The molecule has 2 aliphatic rings. The fourth-order valence-electron chi connectivity index (χ4n) is 3.01. The van der Waals surface area contributed by atoms with E-state index >= 15 is 0 Å². The second-order valence-corrected chi connectivity index (χ2v) is 5.22. The highest BCUT2D eigenvalue weighted by Crippen LogP contribution is 2.37. The fraction of sp³-hybridized carbons (Fsp3) is 0.846. The molecule has 102 valence electrons. The lowest BCUT2D eigenvalue weighted by Gasteiger charge is -2.19. The Morgan fingerprint density at radius 1 is 1.28 bits per heavy atom. The maximum absolute atomic E-state index is 12.1. The molecule has 0 spiro atoms. The van der Waals surface area contributed by atoms with Crippen LogP contribution < -0.4 is 0 Å². The minimum absolute atomic E-state index is 0.0330. The number of hydrogen-bond donors (Lipinski definition) is 1. The normalized spacial score (nSPS) is 29.6. The molecule has 0 aromatic rings. The summed E-state index contributed by atoms with van der Waals surface area (Å²) in [5, 5.41) is 9.57. The highest BCUT2D eigenvalue weighted by molar-refractivity contribution is 6.05. The van der Waals surface area contributed by atoms with Crippen molar-refractivity contribution in [2.24, 2.45) is 11.8 Å². The van der Waals surface area contributed by atoms with Crippen LogP contribution in [0.2, 0.25) is 0 Å². The van der Waals surface area contributed by atoms with Gasteiger partial charge in [-0.05, 0) is 19.3 Å². The minimum atomic E-state index is -0.613. The summed E-state index contributed by atoms with van der Waals surface area (Å²) in [7, 11) is 1.52. The van der Waals surface area contributed by atoms with Gasteiger partial charge in [-0.25, -0.2) is 0 Å². The largest absolute Gasteiger partial charge is 0.391 e. The zero-order valence-electron chi connectivity index (χ0n) is 10.8. The molecule has 1 heterocycles. The van der Waals surface area contributed by atoms with Crippen LogP contribution in [-0.4, -0.2) is 48.2 Å². The van der Waals surface area contributed by atoms with Crippen LogP contribution in [0.4, 0.5) is 0 Å². The molecule has 2 rings (SSSR count). The van der Waals surface area contributed by atoms with Gasteiger partial charge in [0.15, 0.2) is 0 Å². The molecule has 5 nitrogen and oxygen atoms in total. The average molecular weight is 255 g/mol. The summed E-state index contributed by atoms with van der Waals surface area (Å²) < 4.78 is 4.83. The second-order valence-electron chi connectivity index (χ2n) is 5.22. The molecule has 3 unspecified atom stereocenters. The number of ether oxygens (including phenoxy) is 1. The van der Waals surface area contributed by atoms with Gasteiger partial charge >= 0.3 is 0 Å². The summed E-state index contributed by atoms with van der Waals surface area (Å²) in [4.78, 5) is 25.6. The van der Waals surface area contributed by atoms with Crippen molar-refractivity contribution in [3.05, 3.63) is 0 Å². The van der Waals surface area contributed by atoms with Crippen LogP contribution in [0.3, 0.4) is 0 Å². The summed E-state index contributed by atoms with van der Waals surface area (Å²) in [5.74, 6) is -0.250. The third-order valence-corrected chi connectivity index (χ3v) is 3.98. The molecule has 5 heteroatoms. The first-order chi connectivity index (χ1) is 8.65. The number of fused-ring (bicyclic) bond motifs is 1. The van der Waals surface area contributed by atoms with Gasteiger partial charge in [-0.15, -0.1) is 0 Å². The van der Waals surface area contributed by atoms with E-state index in [0.29, 0.717) is 13.0 Å². The molecule has 2 fully saturated rings. The van der Waals surface area contributed by atoms with E-state index in [1.807, 2.05) is 0 Å². The third-order valence-electron chi connectivity index (χ3n) is 3.98. The van der Waals surface area contributed by atoms with Crippen molar-refractivity contribution in [3.8, 4) is 0 Å².